The molecule has 0 amide bonds. The summed E-state index contributed by atoms with van der Waals surface area (Å²) < 4.78 is 19.6. The summed E-state index contributed by atoms with van der Waals surface area (Å²) in [5.41, 5.74) is 0. The van der Waals surface area contributed by atoms with Gasteiger partial charge in [-0.3, -0.25) is 0 Å². The van der Waals surface area contributed by atoms with Gasteiger partial charge >= 0.3 is 161 Å². The predicted molar refractivity (Wildman–Crippen MR) is 109 cm³/mol. The Bertz CT molecular complexity index is 773. The zero-order valence-electron chi connectivity index (χ0n) is 15.4. The van der Waals surface area contributed by atoms with Gasteiger partial charge in [-0.15, -0.1) is 0 Å². The Morgan fingerprint density at radius 1 is 0.552 bits per heavy atom. The zero-order valence-corrected chi connectivity index (χ0v) is 19.4. The van der Waals surface area contributed by atoms with Gasteiger partial charge in [0.25, 0.3) is 0 Å². The number of benzene rings is 3. The fourth-order valence-corrected chi connectivity index (χ4v) is 9.85. The first-order valence-electron chi connectivity index (χ1n) is 8.22. The number of hydrogen-bond acceptors (Lipinski definition) is 0. The van der Waals surface area contributed by atoms with Crippen LogP contribution in [0.2, 0.25) is 0 Å². The third-order valence-electron chi connectivity index (χ3n) is 3.54. The van der Waals surface area contributed by atoms with E-state index in [9.17, 15) is 0 Å². The maximum absolute atomic E-state index is 7.50. The van der Waals surface area contributed by atoms with E-state index < -0.39 is 19.8 Å². The van der Waals surface area contributed by atoms with Crippen LogP contribution in [0, 0.1) is 37.6 Å². The molecule has 0 fully saturated rings. The fraction of sp³-hybridized carbons (Fsp3) is 0. The first-order valence-corrected chi connectivity index (χ1v) is 12.5. The molecular weight excluding hydrogens is 507 g/mol. The van der Waals surface area contributed by atoms with Gasteiger partial charge in [-0.05, 0) is 0 Å². The van der Waals surface area contributed by atoms with Crippen LogP contribution in [0.5, 0.6) is 0 Å². The molecule has 0 bridgehead atoms. The van der Waals surface area contributed by atoms with Crippen molar-refractivity contribution in [3.8, 4) is 0 Å². The Kier molecular flexibility index (Phi) is 16.5. The molecule has 0 unspecified atom stereocenters. The van der Waals surface area contributed by atoms with Gasteiger partial charge in [0.1, 0.15) is 0 Å². The Morgan fingerprint density at radius 3 is 1.03 bits per heavy atom. The van der Waals surface area contributed by atoms with Crippen LogP contribution in [0.4, 0.5) is 0 Å². The van der Waals surface area contributed by atoms with E-state index in [2.05, 4.69) is 129 Å². The quantitative estimate of drug-likeness (QED) is 0.226. The molecule has 0 N–H and O–H groups in total. The minimum atomic E-state index is -1.98. The van der Waals surface area contributed by atoms with Gasteiger partial charge in [0.15, 0.2) is 0 Å². The van der Waals surface area contributed by atoms with Crippen molar-refractivity contribution in [2.75, 3.05) is 0 Å². The van der Waals surface area contributed by atoms with Crippen molar-refractivity contribution in [3.05, 3.63) is 135 Å². The molecule has 0 aliphatic carbocycles. The Hall–Kier alpha value is -2.19. The summed E-state index contributed by atoms with van der Waals surface area (Å²) in [5.74, 6) is 0. The standard InChI is InChI=1S/3C6H5.C5H.2CO.Fe.Sn/c3*1-2-4-6-5-3-1;1-2-4-5-3-1;2*1-2;;/h3*1-5H;1H;;;;/q;;;-5;;;+5;. The van der Waals surface area contributed by atoms with Crippen molar-refractivity contribution in [2.45, 2.75) is 0 Å². The molecule has 0 heterocycles. The molecule has 0 aliphatic rings. The van der Waals surface area contributed by atoms with Crippen LogP contribution in [0.1, 0.15) is 0 Å². The van der Waals surface area contributed by atoms with Crippen molar-refractivity contribution in [2.24, 2.45) is 0 Å². The summed E-state index contributed by atoms with van der Waals surface area (Å²) in [4.78, 5) is 0. The summed E-state index contributed by atoms with van der Waals surface area (Å²) in [6.07, 6.45) is 0. The molecule has 4 heteroatoms. The van der Waals surface area contributed by atoms with E-state index in [1.54, 1.807) is 6.07 Å². The molecular formula is C25H16FeO2Sn. The van der Waals surface area contributed by atoms with Crippen molar-refractivity contribution < 1.29 is 26.4 Å². The van der Waals surface area contributed by atoms with E-state index in [0.29, 0.717) is 0 Å². The normalized spacial score (nSPS) is 8.45. The molecule has 2 nitrogen and oxygen atoms in total. The minimum absolute atomic E-state index is 0. The first-order chi connectivity index (χ1) is 13.9. The monoisotopic (exact) mass is 524 g/mol. The molecule has 0 saturated heterocycles. The van der Waals surface area contributed by atoms with Crippen molar-refractivity contribution in [3.63, 3.8) is 0 Å². The molecule has 29 heavy (non-hydrogen) atoms. The summed E-state index contributed by atoms with van der Waals surface area (Å²) in [7, 11) is 0. The topological polar surface area (TPSA) is 39.8 Å². The molecule has 2 radical (unpaired) electrons. The molecule has 0 atom stereocenters. The second-order valence-electron chi connectivity index (χ2n) is 5.16. The van der Waals surface area contributed by atoms with Crippen LogP contribution < -0.4 is 10.7 Å². The van der Waals surface area contributed by atoms with Crippen LogP contribution >= 0.6 is 0 Å². The summed E-state index contributed by atoms with van der Waals surface area (Å²) in [5, 5.41) is 0. The van der Waals surface area contributed by atoms with Crippen LogP contribution in [-0.2, 0) is 26.4 Å². The van der Waals surface area contributed by atoms with E-state index in [1.165, 1.54) is 10.7 Å². The third kappa shape index (κ3) is 9.71. The van der Waals surface area contributed by atoms with Gasteiger partial charge in [0.05, 0.1) is 0 Å². The Morgan fingerprint density at radius 2 is 0.828 bits per heavy atom. The van der Waals surface area contributed by atoms with Crippen LogP contribution in [0.3, 0.4) is 0 Å². The van der Waals surface area contributed by atoms with Crippen molar-refractivity contribution in [1.29, 1.82) is 0 Å². The molecule has 4 aromatic carbocycles. The van der Waals surface area contributed by atoms with E-state index >= 15 is 0 Å². The average molecular weight is 523 g/mol. The summed E-state index contributed by atoms with van der Waals surface area (Å²) in [6, 6.07) is 44.9. The molecule has 140 valence electrons. The van der Waals surface area contributed by atoms with Crippen LogP contribution in [-0.4, -0.2) is 19.8 Å². The molecule has 0 aliphatic heterocycles. The zero-order chi connectivity index (χ0) is 20.5. The predicted octanol–water partition coefficient (Wildman–Crippen LogP) is 2.73. The van der Waals surface area contributed by atoms with Crippen LogP contribution in [0.25, 0.3) is 0 Å². The second-order valence-corrected chi connectivity index (χ2v) is 12.2. The van der Waals surface area contributed by atoms with Crippen molar-refractivity contribution in [1.82, 2.24) is 0 Å². The van der Waals surface area contributed by atoms with Crippen molar-refractivity contribution >= 4 is 30.5 Å². The first kappa shape index (κ1) is 26.8. The van der Waals surface area contributed by atoms with Gasteiger partial charge < -0.3 is 30.3 Å². The van der Waals surface area contributed by atoms with Gasteiger partial charge in [-0.25, -0.2) is 0 Å². The van der Waals surface area contributed by atoms with Crippen LogP contribution in [0.15, 0.2) is 97.1 Å². The van der Waals surface area contributed by atoms with Gasteiger partial charge in [-0.1, -0.05) is 0 Å². The molecule has 0 aromatic heterocycles. The maximum atomic E-state index is 7.50. The van der Waals surface area contributed by atoms with Gasteiger partial charge in [0.2, 0.25) is 0 Å². The summed E-state index contributed by atoms with van der Waals surface area (Å²) >= 11 is -1.98. The number of rotatable bonds is 3. The second kappa shape index (κ2) is 17.9. The van der Waals surface area contributed by atoms with Gasteiger partial charge in [0, 0.05) is 0 Å². The summed E-state index contributed by atoms with van der Waals surface area (Å²) in [6.45, 7) is 9.00. The number of hydrogen-bond donors (Lipinski definition) is 0. The fourth-order valence-electron chi connectivity index (χ4n) is 2.49. The Labute approximate surface area is 190 Å². The van der Waals surface area contributed by atoms with E-state index in [1.807, 2.05) is 0 Å². The van der Waals surface area contributed by atoms with Gasteiger partial charge in [-0.2, -0.15) is 0 Å². The van der Waals surface area contributed by atoms with E-state index in [-0.39, 0.29) is 17.1 Å². The SMILES string of the molecule is [C-]#[O+].[C-]#[O+].[Fe+5].[c-]1[c-][c-][cH-][c-]1.c1cc[c]([Sn]([c]2ccccc2)[c]2ccccc2)cc1. The average Bonchev–Trinajstić information content (AvgIpc) is 3.39. The Balaban J connectivity index is 0.000000667. The molecule has 0 spiro atoms. The molecule has 4 rings (SSSR count). The molecule has 0 saturated carbocycles. The molecule has 4 aromatic rings. The third-order valence-corrected chi connectivity index (χ3v) is 11.3. The van der Waals surface area contributed by atoms with E-state index in [4.69, 9.17) is 9.30 Å². The van der Waals surface area contributed by atoms with E-state index in [0.717, 1.165) is 0 Å².